The second-order valence-electron chi connectivity index (χ2n) is 4.06. The van der Waals surface area contributed by atoms with Crippen LogP contribution in [0.25, 0.3) is 10.8 Å². The van der Waals surface area contributed by atoms with Crippen LogP contribution >= 0.6 is 0 Å². The maximum absolute atomic E-state index is 11.7. The van der Waals surface area contributed by atoms with E-state index in [1.165, 1.54) is 24.3 Å². The first-order valence-corrected chi connectivity index (χ1v) is 5.29. The zero-order valence-electron chi connectivity index (χ0n) is 9.34. The van der Waals surface area contributed by atoms with Gasteiger partial charge in [-0.2, -0.15) is 0 Å². The van der Waals surface area contributed by atoms with Gasteiger partial charge in [0.1, 0.15) is 0 Å². The van der Waals surface area contributed by atoms with Gasteiger partial charge < -0.3 is 10.4 Å². The average molecular weight is 258 g/mol. The molecule has 7 heteroatoms. The molecular weight excluding hydrogens is 252 g/mol. The SMILES string of the molecule is O=C1Nc2ccc([N+](=O)[O-])c3c(C(=O)O)ccc1c23. The first kappa shape index (κ1) is 11.1. The number of hydrogen-bond donors (Lipinski definition) is 2. The lowest BCUT2D eigenvalue weighted by atomic mass is 9.98. The fourth-order valence-corrected chi connectivity index (χ4v) is 2.29. The molecule has 2 N–H and O–H groups in total. The van der Waals surface area contributed by atoms with Crippen LogP contribution in [0.3, 0.4) is 0 Å². The number of rotatable bonds is 2. The Bertz CT molecular complexity index is 761. The molecule has 2 aromatic rings. The van der Waals surface area contributed by atoms with E-state index in [4.69, 9.17) is 5.11 Å². The van der Waals surface area contributed by atoms with Crippen molar-refractivity contribution in [3.8, 4) is 0 Å². The highest BCUT2D eigenvalue weighted by molar-refractivity contribution is 6.27. The topological polar surface area (TPSA) is 110 Å². The largest absolute Gasteiger partial charge is 0.478 e. The zero-order chi connectivity index (χ0) is 13.7. The highest BCUT2D eigenvalue weighted by Crippen LogP contribution is 2.39. The van der Waals surface area contributed by atoms with E-state index in [9.17, 15) is 19.7 Å². The first-order chi connectivity index (χ1) is 9.00. The van der Waals surface area contributed by atoms with Crippen molar-refractivity contribution in [3.63, 3.8) is 0 Å². The number of nitrogens with one attached hydrogen (secondary N) is 1. The maximum atomic E-state index is 11.7. The number of carboxylic acids is 1. The number of non-ortho nitro benzene ring substituents is 1. The van der Waals surface area contributed by atoms with Crippen LogP contribution in [0.5, 0.6) is 0 Å². The van der Waals surface area contributed by atoms with Gasteiger partial charge in [0.15, 0.2) is 0 Å². The highest BCUT2D eigenvalue weighted by atomic mass is 16.6. The predicted octanol–water partition coefficient (Wildman–Crippen LogP) is 2.01. The molecule has 1 amide bonds. The number of nitrogens with zero attached hydrogens (tertiary/aromatic N) is 1. The minimum absolute atomic E-state index is 0.0224. The molecular formula is C12H6N2O5. The summed E-state index contributed by atoms with van der Waals surface area (Å²) in [6, 6.07) is 5.17. The molecule has 1 heterocycles. The van der Waals surface area contributed by atoms with Crippen LogP contribution in [-0.4, -0.2) is 21.9 Å². The maximum Gasteiger partial charge on any atom is 0.336 e. The van der Waals surface area contributed by atoms with E-state index < -0.39 is 16.8 Å². The van der Waals surface area contributed by atoms with Gasteiger partial charge in [0.05, 0.1) is 21.6 Å². The zero-order valence-corrected chi connectivity index (χ0v) is 9.34. The summed E-state index contributed by atoms with van der Waals surface area (Å²) in [5, 5.41) is 23.0. The van der Waals surface area contributed by atoms with E-state index in [0.29, 0.717) is 11.1 Å². The molecule has 7 nitrogen and oxygen atoms in total. The van der Waals surface area contributed by atoms with E-state index in [1.807, 2.05) is 0 Å². The van der Waals surface area contributed by atoms with Gasteiger partial charge in [-0.25, -0.2) is 4.79 Å². The lowest BCUT2D eigenvalue weighted by molar-refractivity contribution is -0.383. The second kappa shape index (κ2) is 3.52. The molecule has 0 unspecified atom stereocenters. The third-order valence-corrected chi connectivity index (χ3v) is 3.06. The number of amides is 1. The van der Waals surface area contributed by atoms with Crippen LogP contribution in [0.1, 0.15) is 20.7 Å². The van der Waals surface area contributed by atoms with Gasteiger partial charge in [-0.3, -0.25) is 14.9 Å². The van der Waals surface area contributed by atoms with Crippen molar-refractivity contribution in [1.29, 1.82) is 0 Å². The van der Waals surface area contributed by atoms with Crippen LogP contribution in [0.2, 0.25) is 0 Å². The number of anilines is 1. The van der Waals surface area contributed by atoms with Crippen LogP contribution in [0.4, 0.5) is 11.4 Å². The average Bonchev–Trinajstić information content (AvgIpc) is 2.67. The van der Waals surface area contributed by atoms with Crippen molar-refractivity contribution < 1.29 is 19.6 Å². The number of benzene rings is 2. The number of carbonyl (C=O) groups excluding carboxylic acids is 1. The molecule has 0 bridgehead atoms. The minimum Gasteiger partial charge on any atom is -0.478 e. The summed E-state index contributed by atoms with van der Waals surface area (Å²) in [4.78, 5) is 33.2. The summed E-state index contributed by atoms with van der Waals surface area (Å²) in [5.41, 5.74) is 0.126. The smallest absolute Gasteiger partial charge is 0.336 e. The molecule has 94 valence electrons. The standard InChI is InChI=1S/C12H6N2O5/c15-11-5-1-2-6(12(16)17)10-8(14(18)19)4-3-7(13-11)9(5)10/h1-4H,(H,13,15)(H,16,17). The van der Waals surface area contributed by atoms with Crippen molar-refractivity contribution in [1.82, 2.24) is 0 Å². The van der Waals surface area contributed by atoms with Gasteiger partial charge in [0.2, 0.25) is 0 Å². The van der Waals surface area contributed by atoms with Gasteiger partial charge in [0.25, 0.3) is 11.6 Å². The number of carboxylic acid groups (broad SMARTS) is 1. The summed E-state index contributed by atoms with van der Waals surface area (Å²) in [5.74, 6) is -1.66. The number of nitro groups is 1. The Balaban J connectivity index is 2.56. The molecule has 0 aromatic heterocycles. The molecule has 0 saturated heterocycles. The summed E-state index contributed by atoms with van der Waals surface area (Å²) in [6.45, 7) is 0. The minimum atomic E-state index is -1.27. The van der Waals surface area contributed by atoms with Crippen molar-refractivity contribution in [2.75, 3.05) is 5.32 Å². The fourth-order valence-electron chi connectivity index (χ4n) is 2.29. The van der Waals surface area contributed by atoms with Crippen molar-refractivity contribution in [2.45, 2.75) is 0 Å². The van der Waals surface area contributed by atoms with E-state index in [-0.39, 0.29) is 22.2 Å². The fraction of sp³-hybridized carbons (Fsp3) is 0. The molecule has 1 aliphatic rings. The molecule has 0 aliphatic carbocycles. The van der Waals surface area contributed by atoms with Crippen molar-refractivity contribution in [3.05, 3.63) is 45.5 Å². The number of hydrogen-bond acceptors (Lipinski definition) is 4. The van der Waals surface area contributed by atoms with Gasteiger partial charge in [0, 0.05) is 17.0 Å². The molecule has 0 saturated carbocycles. The van der Waals surface area contributed by atoms with Crippen LogP contribution in [-0.2, 0) is 0 Å². The Morgan fingerprint density at radius 2 is 1.95 bits per heavy atom. The Morgan fingerprint density at radius 1 is 1.21 bits per heavy atom. The predicted molar refractivity (Wildman–Crippen MR) is 65.5 cm³/mol. The molecule has 0 atom stereocenters. The highest BCUT2D eigenvalue weighted by Gasteiger charge is 2.29. The van der Waals surface area contributed by atoms with Gasteiger partial charge in [-0.1, -0.05) is 0 Å². The summed E-state index contributed by atoms with van der Waals surface area (Å²) < 4.78 is 0. The molecule has 3 rings (SSSR count). The monoisotopic (exact) mass is 258 g/mol. The van der Waals surface area contributed by atoms with Crippen molar-refractivity contribution in [2.24, 2.45) is 0 Å². The number of aromatic carboxylic acids is 1. The Morgan fingerprint density at radius 3 is 2.58 bits per heavy atom. The quantitative estimate of drug-likeness (QED) is 0.632. The molecule has 0 spiro atoms. The second-order valence-corrected chi connectivity index (χ2v) is 4.06. The van der Waals surface area contributed by atoms with Crippen LogP contribution in [0.15, 0.2) is 24.3 Å². The number of nitro benzene ring substituents is 1. The van der Waals surface area contributed by atoms with E-state index in [2.05, 4.69) is 5.32 Å². The van der Waals surface area contributed by atoms with Crippen LogP contribution in [0, 0.1) is 10.1 Å². The number of carbonyl (C=O) groups is 2. The third-order valence-electron chi connectivity index (χ3n) is 3.06. The van der Waals surface area contributed by atoms with E-state index in [0.717, 1.165) is 0 Å². The molecule has 0 fully saturated rings. The van der Waals surface area contributed by atoms with Gasteiger partial charge in [-0.05, 0) is 18.2 Å². The lowest BCUT2D eigenvalue weighted by Crippen LogP contribution is -2.04. The van der Waals surface area contributed by atoms with Gasteiger partial charge >= 0.3 is 5.97 Å². The summed E-state index contributed by atoms with van der Waals surface area (Å²) >= 11 is 0. The first-order valence-electron chi connectivity index (χ1n) is 5.29. The molecule has 2 aromatic carbocycles. The van der Waals surface area contributed by atoms with Crippen molar-refractivity contribution >= 4 is 34.0 Å². The van der Waals surface area contributed by atoms with E-state index in [1.54, 1.807) is 0 Å². The van der Waals surface area contributed by atoms with Gasteiger partial charge in [-0.15, -0.1) is 0 Å². The Hall–Kier alpha value is -2.96. The lowest BCUT2D eigenvalue weighted by Gasteiger charge is -2.04. The molecule has 0 radical (unpaired) electrons. The third kappa shape index (κ3) is 1.38. The summed E-state index contributed by atoms with van der Waals surface area (Å²) in [7, 11) is 0. The Kier molecular flexibility index (Phi) is 2.06. The summed E-state index contributed by atoms with van der Waals surface area (Å²) in [6.07, 6.45) is 0. The Labute approximate surface area is 105 Å². The molecule has 19 heavy (non-hydrogen) atoms. The normalized spacial score (nSPS) is 12.5. The molecule has 1 aliphatic heterocycles. The van der Waals surface area contributed by atoms with Crippen LogP contribution < -0.4 is 5.32 Å². The van der Waals surface area contributed by atoms with E-state index >= 15 is 0 Å².